The number of non-ortho nitro benzene ring substituents is 1. The fourth-order valence-corrected chi connectivity index (χ4v) is 3.13. The van der Waals surface area contributed by atoms with Crippen LogP contribution in [0.25, 0.3) is 0 Å². The molecule has 0 bridgehead atoms. The molecule has 3 rings (SSSR count). The zero-order valence-electron chi connectivity index (χ0n) is 14.5. The van der Waals surface area contributed by atoms with Crippen molar-refractivity contribution in [2.75, 3.05) is 0 Å². The van der Waals surface area contributed by atoms with Crippen molar-refractivity contribution < 1.29 is 9.66 Å². The topological polar surface area (TPSA) is 83.1 Å². The molecule has 0 aliphatic heterocycles. The van der Waals surface area contributed by atoms with Gasteiger partial charge in [0.2, 0.25) is 0 Å². The molecule has 0 N–H and O–H groups in total. The van der Waals surface area contributed by atoms with E-state index >= 15 is 0 Å². The van der Waals surface area contributed by atoms with Gasteiger partial charge in [-0.25, -0.2) is 0 Å². The standard InChI is InChI=1S/C18H18N4O3S/c1-13-3-9-16(10-4-13)25-11-17-19-20-18(21(17)2)26-12-14-5-7-15(8-6-14)22(23)24/h3-10H,11-12H2,1-2H3. The van der Waals surface area contributed by atoms with Gasteiger partial charge in [0.25, 0.3) is 5.69 Å². The highest BCUT2D eigenvalue weighted by molar-refractivity contribution is 7.98. The van der Waals surface area contributed by atoms with Crippen LogP contribution in [0.5, 0.6) is 5.75 Å². The van der Waals surface area contributed by atoms with Gasteiger partial charge in [0, 0.05) is 24.9 Å². The third-order valence-electron chi connectivity index (χ3n) is 3.83. The number of ether oxygens (including phenoxy) is 1. The molecule has 0 spiro atoms. The molecule has 0 unspecified atom stereocenters. The minimum absolute atomic E-state index is 0.0907. The molecule has 0 amide bonds. The number of rotatable bonds is 7. The summed E-state index contributed by atoms with van der Waals surface area (Å²) in [6.07, 6.45) is 0. The highest BCUT2D eigenvalue weighted by Gasteiger charge is 2.11. The van der Waals surface area contributed by atoms with Crippen molar-refractivity contribution in [3.8, 4) is 5.75 Å². The first kappa shape index (κ1) is 17.9. The molecule has 0 aliphatic rings. The third-order valence-corrected chi connectivity index (χ3v) is 4.92. The van der Waals surface area contributed by atoms with E-state index in [-0.39, 0.29) is 5.69 Å². The molecule has 7 nitrogen and oxygen atoms in total. The lowest BCUT2D eigenvalue weighted by molar-refractivity contribution is -0.384. The van der Waals surface area contributed by atoms with Crippen molar-refractivity contribution in [2.45, 2.75) is 24.4 Å². The normalized spacial score (nSPS) is 10.7. The Bertz CT molecular complexity index is 892. The second kappa shape index (κ2) is 8.01. The average molecular weight is 370 g/mol. The van der Waals surface area contributed by atoms with Crippen molar-refractivity contribution in [3.05, 3.63) is 75.6 Å². The molecule has 0 radical (unpaired) electrons. The van der Waals surface area contributed by atoms with Gasteiger partial charge in [-0.05, 0) is 24.6 Å². The number of aromatic nitrogens is 3. The Balaban J connectivity index is 1.58. The van der Waals surface area contributed by atoms with Crippen LogP contribution < -0.4 is 4.74 Å². The molecule has 3 aromatic rings. The minimum atomic E-state index is -0.403. The summed E-state index contributed by atoms with van der Waals surface area (Å²) in [5.41, 5.74) is 2.26. The Morgan fingerprint density at radius 2 is 1.81 bits per heavy atom. The van der Waals surface area contributed by atoms with Crippen molar-refractivity contribution in [2.24, 2.45) is 7.05 Å². The Labute approximate surface area is 155 Å². The van der Waals surface area contributed by atoms with Gasteiger partial charge in [0.15, 0.2) is 11.0 Å². The summed E-state index contributed by atoms with van der Waals surface area (Å²) in [5, 5.41) is 19.8. The summed E-state index contributed by atoms with van der Waals surface area (Å²) in [6.45, 7) is 2.37. The lowest BCUT2D eigenvalue weighted by Gasteiger charge is -2.07. The van der Waals surface area contributed by atoms with Crippen molar-refractivity contribution >= 4 is 17.4 Å². The molecule has 0 saturated carbocycles. The predicted molar refractivity (Wildman–Crippen MR) is 99.2 cm³/mol. The van der Waals surface area contributed by atoms with Crippen LogP contribution in [0.4, 0.5) is 5.69 Å². The summed E-state index contributed by atoms with van der Waals surface area (Å²) < 4.78 is 7.64. The van der Waals surface area contributed by atoms with E-state index in [1.807, 2.05) is 42.8 Å². The zero-order chi connectivity index (χ0) is 18.5. The van der Waals surface area contributed by atoms with Gasteiger partial charge in [0.05, 0.1) is 4.92 Å². The fourth-order valence-electron chi connectivity index (χ4n) is 2.24. The Morgan fingerprint density at radius 3 is 2.46 bits per heavy atom. The maximum Gasteiger partial charge on any atom is 0.269 e. The smallest absolute Gasteiger partial charge is 0.269 e. The molecule has 1 heterocycles. The van der Waals surface area contributed by atoms with E-state index in [9.17, 15) is 10.1 Å². The maximum absolute atomic E-state index is 10.7. The third kappa shape index (κ3) is 4.40. The van der Waals surface area contributed by atoms with E-state index in [4.69, 9.17) is 4.74 Å². The molecule has 134 valence electrons. The summed E-state index contributed by atoms with van der Waals surface area (Å²) in [4.78, 5) is 10.3. The number of nitro benzene ring substituents is 1. The zero-order valence-corrected chi connectivity index (χ0v) is 15.3. The molecule has 1 aromatic heterocycles. The molecule has 0 saturated heterocycles. The van der Waals surface area contributed by atoms with Gasteiger partial charge < -0.3 is 9.30 Å². The first-order valence-electron chi connectivity index (χ1n) is 7.97. The maximum atomic E-state index is 10.7. The minimum Gasteiger partial charge on any atom is -0.486 e. The van der Waals surface area contributed by atoms with E-state index in [0.29, 0.717) is 12.4 Å². The van der Waals surface area contributed by atoms with E-state index < -0.39 is 4.92 Å². The SMILES string of the molecule is Cc1ccc(OCc2nnc(SCc3ccc([N+](=O)[O-])cc3)n2C)cc1. The second-order valence-electron chi connectivity index (χ2n) is 5.77. The van der Waals surface area contributed by atoms with Crippen LogP contribution >= 0.6 is 11.8 Å². The van der Waals surface area contributed by atoms with Gasteiger partial charge in [-0.15, -0.1) is 10.2 Å². The molecule has 8 heteroatoms. The van der Waals surface area contributed by atoms with Gasteiger partial charge in [-0.1, -0.05) is 41.6 Å². The highest BCUT2D eigenvalue weighted by atomic mass is 32.2. The van der Waals surface area contributed by atoms with Gasteiger partial charge in [-0.2, -0.15) is 0 Å². The molecular formula is C18H18N4O3S. The molecule has 0 atom stereocenters. The van der Waals surface area contributed by atoms with E-state index in [0.717, 1.165) is 22.3 Å². The van der Waals surface area contributed by atoms with Gasteiger partial charge in [-0.3, -0.25) is 10.1 Å². The van der Waals surface area contributed by atoms with Gasteiger partial charge in [0.1, 0.15) is 12.4 Å². The largest absolute Gasteiger partial charge is 0.486 e. The Kier molecular flexibility index (Phi) is 5.52. The molecular weight excluding hydrogens is 352 g/mol. The van der Waals surface area contributed by atoms with Crippen LogP contribution in [0.15, 0.2) is 53.7 Å². The molecule has 0 aliphatic carbocycles. The van der Waals surface area contributed by atoms with Crippen molar-refractivity contribution in [3.63, 3.8) is 0 Å². The molecule has 0 fully saturated rings. The van der Waals surface area contributed by atoms with Gasteiger partial charge >= 0.3 is 0 Å². The number of thioether (sulfide) groups is 1. The second-order valence-corrected chi connectivity index (χ2v) is 6.71. The number of benzene rings is 2. The number of hydrogen-bond donors (Lipinski definition) is 0. The van der Waals surface area contributed by atoms with Crippen molar-refractivity contribution in [1.82, 2.24) is 14.8 Å². The quantitative estimate of drug-likeness (QED) is 0.356. The van der Waals surface area contributed by atoms with Crippen LogP contribution in [0.3, 0.4) is 0 Å². The first-order valence-corrected chi connectivity index (χ1v) is 8.95. The lowest BCUT2D eigenvalue weighted by atomic mass is 10.2. The van der Waals surface area contributed by atoms with E-state index in [1.54, 1.807) is 12.1 Å². The predicted octanol–water partition coefficient (Wildman–Crippen LogP) is 3.90. The summed E-state index contributed by atoms with van der Waals surface area (Å²) in [7, 11) is 1.89. The van der Waals surface area contributed by atoms with Crippen molar-refractivity contribution in [1.29, 1.82) is 0 Å². The van der Waals surface area contributed by atoms with Crippen LogP contribution in [0.2, 0.25) is 0 Å². The number of aryl methyl sites for hydroxylation is 1. The van der Waals surface area contributed by atoms with E-state index in [2.05, 4.69) is 10.2 Å². The first-order chi connectivity index (χ1) is 12.5. The summed E-state index contributed by atoms with van der Waals surface area (Å²) in [6, 6.07) is 14.4. The van der Waals surface area contributed by atoms with Crippen LogP contribution in [0.1, 0.15) is 17.0 Å². The molecule has 2 aromatic carbocycles. The number of nitro groups is 1. The van der Waals surface area contributed by atoms with Crippen LogP contribution in [0, 0.1) is 17.0 Å². The van der Waals surface area contributed by atoms with Crippen LogP contribution in [-0.2, 0) is 19.4 Å². The monoisotopic (exact) mass is 370 g/mol. The fraction of sp³-hybridized carbons (Fsp3) is 0.222. The van der Waals surface area contributed by atoms with Crippen LogP contribution in [-0.4, -0.2) is 19.7 Å². The highest BCUT2D eigenvalue weighted by Crippen LogP contribution is 2.23. The Hall–Kier alpha value is -2.87. The Morgan fingerprint density at radius 1 is 1.12 bits per heavy atom. The van der Waals surface area contributed by atoms with E-state index in [1.165, 1.54) is 29.5 Å². The molecule has 26 heavy (non-hydrogen) atoms. The number of hydrogen-bond acceptors (Lipinski definition) is 6. The number of nitrogens with zero attached hydrogens (tertiary/aromatic N) is 4. The summed E-state index contributed by atoms with van der Waals surface area (Å²) in [5.74, 6) is 2.18. The lowest BCUT2D eigenvalue weighted by Crippen LogP contribution is -2.04. The average Bonchev–Trinajstić information content (AvgIpc) is 3.00. The summed E-state index contributed by atoms with van der Waals surface area (Å²) >= 11 is 1.52.